The number of rotatable bonds is 12. The molecular weight excluding hydrogens is 370 g/mol. The molecule has 2 aromatic rings. The van der Waals surface area contributed by atoms with Crippen LogP contribution in [0.25, 0.3) is 0 Å². The summed E-state index contributed by atoms with van der Waals surface area (Å²) in [5.74, 6) is 0.0797. The van der Waals surface area contributed by atoms with E-state index in [1.54, 1.807) is 31.2 Å². The van der Waals surface area contributed by atoms with E-state index in [9.17, 15) is 9.59 Å². The van der Waals surface area contributed by atoms with E-state index in [2.05, 4.69) is 10.1 Å². The molecule has 1 N–H and O–H groups in total. The molecule has 156 valence electrons. The molecule has 1 atom stereocenters. The highest BCUT2D eigenvalue weighted by atomic mass is 16.6. The highest BCUT2D eigenvalue weighted by molar-refractivity contribution is 5.90. The number of amides is 1. The summed E-state index contributed by atoms with van der Waals surface area (Å²) in [6, 6.07) is 17.0. The lowest BCUT2D eigenvalue weighted by molar-refractivity contribution is -0.147. The van der Waals surface area contributed by atoms with E-state index in [-0.39, 0.29) is 5.91 Å². The highest BCUT2D eigenvalue weighted by Gasteiger charge is 2.14. The van der Waals surface area contributed by atoms with Crippen molar-refractivity contribution in [2.45, 2.75) is 45.3 Å². The van der Waals surface area contributed by atoms with Crippen LogP contribution in [0.4, 0.5) is 5.69 Å². The number of unbranched alkanes of at least 4 members (excludes halogenated alkanes) is 2. The van der Waals surface area contributed by atoms with Crippen LogP contribution in [0, 0.1) is 0 Å². The van der Waals surface area contributed by atoms with Crippen LogP contribution in [0.15, 0.2) is 54.6 Å². The molecule has 0 aliphatic carbocycles. The maximum Gasteiger partial charge on any atom is 0.346 e. The van der Waals surface area contributed by atoms with Crippen molar-refractivity contribution in [3.63, 3.8) is 0 Å². The second-order valence-electron chi connectivity index (χ2n) is 6.70. The van der Waals surface area contributed by atoms with E-state index >= 15 is 0 Å². The topological polar surface area (TPSA) is 73.9 Å². The van der Waals surface area contributed by atoms with Gasteiger partial charge in [-0.1, -0.05) is 36.8 Å². The lowest BCUT2D eigenvalue weighted by Gasteiger charge is -2.13. The minimum atomic E-state index is -0.683. The van der Waals surface area contributed by atoms with Gasteiger partial charge in [0, 0.05) is 18.7 Å². The Hall–Kier alpha value is -2.86. The van der Waals surface area contributed by atoms with Crippen molar-refractivity contribution in [2.24, 2.45) is 0 Å². The molecule has 6 heteroatoms. The SMILES string of the molecule is COC(=O)C(C)Oc1ccc(NC(=O)CCCCCOCc2ccccc2)cc1. The summed E-state index contributed by atoms with van der Waals surface area (Å²) < 4.78 is 15.7. The van der Waals surface area contributed by atoms with E-state index in [0.29, 0.717) is 31.1 Å². The van der Waals surface area contributed by atoms with Crippen molar-refractivity contribution in [3.05, 3.63) is 60.2 Å². The minimum Gasteiger partial charge on any atom is -0.479 e. The first kappa shape index (κ1) is 22.4. The third-order valence-electron chi connectivity index (χ3n) is 4.29. The summed E-state index contributed by atoms with van der Waals surface area (Å²) >= 11 is 0. The van der Waals surface area contributed by atoms with Gasteiger partial charge < -0.3 is 19.5 Å². The summed E-state index contributed by atoms with van der Waals surface area (Å²) in [5, 5.41) is 2.86. The zero-order valence-electron chi connectivity index (χ0n) is 17.1. The molecule has 0 spiro atoms. The molecule has 1 amide bonds. The van der Waals surface area contributed by atoms with Gasteiger partial charge in [0.25, 0.3) is 0 Å². The zero-order valence-corrected chi connectivity index (χ0v) is 17.1. The summed E-state index contributed by atoms with van der Waals surface area (Å²) in [7, 11) is 1.32. The van der Waals surface area contributed by atoms with Crippen LogP contribution < -0.4 is 10.1 Å². The van der Waals surface area contributed by atoms with Crippen LogP contribution in [0.2, 0.25) is 0 Å². The first-order valence-corrected chi connectivity index (χ1v) is 9.84. The fourth-order valence-electron chi connectivity index (χ4n) is 2.69. The van der Waals surface area contributed by atoms with Crippen molar-refractivity contribution in [3.8, 4) is 5.75 Å². The molecule has 0 aliphatic rings. The Morgan fingerprint density at radius 3 is 2.38 bits per heavy atom. The quantitative estimate of drug-likeness (QED) is 0.424. The van der Waals surface area contributed by atoms with E-state index in [4.69, 9.17) is 9.47 Å². The molecule has 0 bridgehead atoms. The number of hydrogen-bond acceptors (Lipinski definition) is 5. The maximum absolute atomic E-state index is 12.0. The number of nitrogens with one attached hydrogen (secondary N) is 1. The Morgan fingerprint density at radius 1 is 0.966 bits per heavy atom. The smallest absolute Gasteiger partial charge is 0.346 e. The molecule has 0 saturated heterocycles. The van der Waals surface area contributed by atoms with E-state index in [0.717, 1.165) is 19.3 Å². The summed E-state index contributed by atoms with van der Waals surface area (Å²) in [4.78, 5) is 23.4. The Balaban J connectivity index is 1.57. The van der Waals surface area contributed by atoms with Crippen LogP contribution in [0.5, 0.6) is 5.75 Å². The number of esters is 1. The third kappa shape index (κ3) is 8.79. The third-order valence-corrected chi connectivity index (χ3v) is 4.29. The van der Waals surface area contributed by atoms with Gasteiger partial charge in [-0.15, -0.1) is 0 Å². The maximum atomic E-state index is 12.0. The number of hydrogen-bond donors (Lipinski definition) is 1. The average Bonchev–Trinajstić information content (AvgIpc) is 2.74. The number of ether oxygens (including phenoxy) is 3. The van der Waals surface area contributed by atoms with Gasteiger partial charge in [0.15, 0.2) is 6.10 Å². The Kier molecular flexibility index (Phi) is 9.72. The predicted molar refractivity (Wildman–Crippen MR) is 112 cm³/mol. The molecule has 2 aromatic carbocycles. The first-order valence-electron chi connectivity index (χ1n) is 9.84. The van der Waals surface area contributed by atoms with Crippen LogP contribution in [0.1, 0.15) is 38.2 Å². The monoisotopic (exact) mass is 399 g/mol. The van der Waals surface area contributed by atoms with Gasteiger partial charge in [-0.3, -0.25) is 4.79 Å². The van der Waals surface area contributed by atoms with Gasteiger partial charge in [-0.2, -0.15) is 0 Å². The van der Waals surface area contributed by atoms with Crippen molar-refractivity contribution in [1.82, 2.24) is 0 Å². The molecule has 1 unspecified atom stereocenters. The fraction of sp³-hybridized carbons (Fsp3) is 0.391. The van der Waals surface area contributed by atoms with Gasteiger partial charge >= 0.3 is 5.97 Å². The lowest BCUT2D eigenvalue weighted by atomic mass is 10.2. The number of carbonyl (C=O) groups is 2. The summed E-state index contributed by atoms with van der Waals surface area (Å²) in [5.41, 5.74) is 1.86. The molecule has 0 heterocycles. The molecule has 2 rings (SSSR count). The van der Waals surface area contributed by atoms with E-state index < -0.39 is 12.1 Å². The second kappa shape index (κ2) is 12.6. The highest BCUT2D eigenvalue weighted by Crippen LogP contribution is 2.17. The Labute approximate surface area is 172 Å². The van der Waals surface area contributed by atoms with E-state index in [1.165, 1.54) is 12.7 Å². The number of anilines is 1. The van der Waals surface area contributed by atoms with Gasteiger partial charge in [-0.05, 0) is 49.6 Å². The van der Waals surface area contributed by atoms with Crippen LogP contribution in [-0.2, 0) is 25.7 Å². The number of carbonyl (C=O) groups excluding carboxylic acids is 2. The van der Waals surface area contributed by atoms with Gasteiger partial charge in [0.2, 0.25) is 5.91 Å². The summed E-state index contributed by atoms with van der Waals surface area (Å²) in [6.45, 7) is 2.94. The molecule has 6 nitrogen and oxygen atoms in total. The van der Waals surface area contributed by atoms with Gasteiger partial charge in [0.05, 0.1) is 13.7 Å². The second-order valence-corrected chi connectivity index (χ2v) is 6.70. The standard InChI is InChI=1S/C23H29NO5/c1-18(23(26)27-2)29-21-14-12-20(13-15-21)24-22(25)11-7-4-8-16-28-17-19-9-5-3-6-10-19/h3,5-6,9-10,12-15,18H,4,7-8,11,16-17H2,1-2H3,(H,24,25). The normalized spacial score (nSPS) is 11.5. The zero-order chi connectivity index (χ0) is 20.9. The molecular formula is C23H29NO5. The van der Waals surface area contributed by atoms with Crippen LogP contribution in [-0.4, -0.2) is 31.7 Å². The molecule has 0 saturated carbocycles. The minimum absolute atomic E-state index is 0.0215. The number of methoxy groups -OCH3 is 1. The van der Waals surface area contributed by atoms with E-state index in [1.807, 2.05) is 30.3 Å². The molecule has 0 fully saturated rings. The molecule has 0 aliphatic heterocycles. The van der Waals surface area contributed by atoms with Gasteiger partial charge in [-0.25, -0.2) is 4.79 Å². The van der Waals surface area contributed by atoms with Crippen molar-refractivity contribution >= 4 is 17.6 Å². The molecule has 29 heavy (non-hydrogen) atoms. The molecule has 0 radical (unpaired) electrons. The predicted octanol–water partition coefficient (Wildman–Crippen LogP) is 4.34. The van der Waals surface area contributed by atoms with Crippen LogP contribution in [0.3, 0.4) is 0 Å². The summed E-state index contributed by atoms with van der Waals surface area (Å²) in [6.07, 6.45) is 2.48. The Bertz CT molecular complexity index is 746. The number of benzene rings is 2. The fourth-order valence-corrected chi connectivity index (χ4v) is 2.69. The van der Waals surface area contributed by atoms with Gasteiger partial charge in [0.1, 0.15) is 5.75 Å². The van der Waals surface area contributed by atoms with Crippen molar-refractivity contribution in [1.29, 1.82) is 0 Å². The lowest BCUT2D eigenvalue weighted by Crippen LogP contribution is -2.24. The van der Waals surface area contributed by atoms with Crippen molar-refractivity contribution in [2.75, 3.05) is 19.0 Å². The first-order chi connectivity index (χ1) is 14.1. The molecule has 0 aromatic heterocycles. The largest absolute Gasteiger partial charge is 0.479 e. The average molecular weight is 399 g/mol. The van der Waals surface area contributed by atoms with Crippen molar-refractivity contribution < 1.29 is 23.8 Å². The van der Waals surface area contributed by atoms with Crippen LogP contribution >= 0.6 is 0 Å². The Morgan fingerprint density at radius 2 is 1.69 bits per heavy atom.